The van der Waals surface area contributed by atoms with E-state index in [0.717, 1.165) is 11.6 Å². The number of hydrogen-bond acceptors (Lipinski definition) is 5. The number of rotatable bonds is 5. The molecule has 0 saturated heterocycles. The number of carbonyl (C=O) groups is 1. The molecule has 0 aromatic heterocycles. The van der Waals surface area contributed by atoms with Crippen molar-refractivity contribution in [2.24, 2.45) is 5.92 Å². The number of hydrogen-bond donors (Lipinski definition) is 0. The van der Waals surface area contributed by atoms with E-state index in [0.29, 0.717) is 22.4 Å². The van der Waals surface area contributed by atoms with Crippen LogP contribution in [0.2, 0.25) is 0 Å². The van der Waals surface area contributed by atoms with Crippen molar-refractivity contribution in [3.8, 4) is 0 Å². The highest BCUT2D eigenvalue weighted by atomic mass is 32.2. The molecule has 2 aliphatic rings. The van der Waals surface area contributed by atoms with Crippen molar-refractivity contribution in [2.75, 3.05) is 5.75 Å². The van der Waals surface area contributed by atoms with Crippen LogP contribution in [0.5, 0.6) is 0 Å². The van der Waals surface area contributed by atoms with E-state index in [2.05, 4.69) is 6.08 Å². The van der Waals surface area contributed by atoms with Crippen LogP contribution in [-0.2, 0) is 26.0 Å². The quantitative estimate of drug-likeness (QED) is 0.663. The highest BCUT2D eigenvalue weighted by Gasteiger charge is 2.45. The van der Waals surface area contributed by atoms with Crippen LogP contribution in [0, 0.1) is 12.0 Å². The molecule has 2 unspecified atom stereocenters. The number of benzene rings is 1. The van der Waals surface area contributed by atoms with Gasteiger partial charge in [-0.2, -0.15) is 13.2 Å². The average molecular weight is 454 g/mol. The average Bonchev–Trinajstić information content (AvgIpc) is 2.95. The predicted molar refractivity (Wildman–Crippen MR) is 108 cm³/mol. The molecule has 167 valence electrons. The van der Waals surface area contributed by atoms with Gasteiger partial charge < -0.3 is 0 Å². The summed E-state index contributed by atoms with van der Waals surface area (Å²) in [5.74, 6) is -3.32. The zero-order valence-corrected chi connectivity index (χ0v) is 18.4. The van der Waals surface area contributed by atoms with Crippen LogP contribution in [0.25, 0.3) is 0 Å². The standard InChI is InChI=1S/C22H23F3NO4S/c1-5-31(28,29)17-8-6-16(7-9-17)12-26-14(3)21(15(4)30-26)18-11-19(22(23,24)25)20(27)10-13(18)2/h6-9,11,15,19H,5,12H2,1-4H3. The van der Waals surface area contributed by atoms with Crippen LogP contribution in [0.15, 0.2) is 57.7 Å². The number of alkyl halides is 3. The summed E-state index contributed by atoms with van der Waals surface area (Å²) >= 11 is 0. The molecule has 0 spiro atoms. The third-order valence-electron chi connectivity index (χ3n) is 5.42. The number of nitrogens with zero attached hydrogens (tertiary/aromatic N) is 1. The van der Waals surface area contributed by atoms with E-state index in [1.54, 1.807) is 44.9 Å². The number of allylic oxidation sites excluding steroid dienone is 4. The molecular formula is C22H23F3NO4S. The second-order valence-corrected chi connectivity index (χ2v) is 9.82. The fraction of sp³-hybridized carbons (Fsp3) is 0.409. The van der Waals surface area contributed by atoms with Gasteiger partial charge in [0.2, 0.25) is 0 Å². The molecule has 0 N–H and O–H groups in total. The maximum absolute atomic E-state index is 13.3. The lowest BCUT2D eigenvalue weighted by Crippen LogP contribution is -2.31. The van der Waals surface area contributed by atoms with Gasteiger partial charge in [-0.15, -0.1) is 0 Å². The highest BCUT2D eigenvalue weighted by Crippen LogP contribution is 2.40. The molecule has 0 amide bonds. The molecule has 0 bridgehead atoms. The molecule has 1 aliphatic carbocycles. The van der Waals surface area contributed by atoms with Gasteiger partial charge in [0.05, 0.1) is 17.2 Å². The number of carbonyl (C=O) groups excluding carboxylic acids is 1. The number of Topliss-reactive ketones (excluding diaryl/α,β-unsaturated/α-hetero) is 1. The first kappa shape index (κ1) is 23.3. The van der Waals surface area contributed by atoms with E-state index in [1.807, 2.05) is 0 Å². The largest absolute Gasteiger partial charge is 0.402 e. The van der Waals surface area contributed by atoms with Gasteiger partial charge in [0, 0.05) is 17.3 Å². The van der Waals surface area contributed by atoms with Crippen LogP contribution in [0.3, 0.4) is 0 Å². The van der Waals surface area contributed by atoms with Crippen molar-refractivity contribution in [1.29, 1.82) is 0 Å². The Morgan fingerprint density at radius 3 is 2.32 bits per heavy atom. The topological polar surface area (TPSA) is 63.7 Å². The summed E-state index contributed by atoms with van der Waals surface area (Å²) in [6.45, 7) is 6.88. The summed E-state index contributed by atoms with van der Waals surface area (Å²) in [5, 5.41) is 1.57. The molecule has 9 heteroatoms. The Balaban J connectivity index is 1.89. The zero-order valence-electron chi connectivity index (χ0n) is 17.6. The van der Waals surface area contributed by atoms with Crippen molar-refractivity contribution in [2.45, 2.75) is 51.4 Å². The van der Waals surface area contributed by atoms with Crippen LogP contribution in [-0.4, -0.2) is 37.3 Å². The first-order valence-corrected chi connectivity index (χ1v) is 11.4. The Hall–Kier alpha value is -2.39. The van der Waals surface area contributed by atoms with Crippen molar-refractivity contribution < 1.29 is 31.2 Å². The van der Waals surface area contributed by atoms with E-state index in [4.69, 9.17) is 4.84 Å². The summed E-state index contributed by atoms with van der Waals surface area (Å²) in [7, 11) is -3.30. The summed E-state index contributed by atoms with van der Waals surface area (Å²) in [6.07, 6.45) is -1.95. The Labute approximate surface area is 179 Å². The zero-order chi connectivity index (χ0) is 23.1. The number of hydroxylamine groups is 2. The van der Waals surface area contributed by atoms with E-state index < -0.39 is 33.8 Å². The van der Waals surface area contributed by atoms with E-state index in [-0.39, 0.29) is 17.2 Å². The van der Waals surface area contributed by atoms with Crippen molar-refractivity contribution >= 4 is 15.6 Å². The molecule has 1 aliphatic heterocycles. The molecule has 1 heterocycles. The highest BCUT2D eigenvalue weighted by molar-refractivity contribution is 7.91. The molecule has 0 saturated carbocycles. The predicted octanol–water partition coefficient (Wildman–Crippen LogP) is 4.33. The second-order valence-electron chi connectivity index (χ2n) is 7.54. The van der Waals surface area contributed by atoms with Crippen LogP contribution in [0.4, 0.5) is 13.2 Å². The van der Waals surface area contributed by atoms with Crippen molar-refractivity contribution in [3.63, 3.8) is 0 Å². The summed E-state index contributed by atoms with van der Waals surface area (Å²) in [5.41, 5.74) is 2.62. The van der Waals surface area contributed by atoms with E-state index in [1.165, 1.54) is 12.1 Å². The summed E-state index contributed by atoms with van der Waals surface area (Å²) < 4.78 is 63.7. The van der Waals surface area contributed by atoms with Gasteiger partial charge in [0.1, 0.15) is 12.0 Å². The van der Waals surface area contributed by atoms with Gasteiger partial charge in [0.25, 0.3) is 0 Å². The van der Waals surface area contributed by atoms with Crippen LogP contribution >= 0.6 is 0 Å². The molecule has 2 atom stereocenters. The lowest BCUT2D eigenvalue weighted by atomic mass is 9.84. The third-order valence-corrected chi connectivity index (χ3v) is 7.17. The maximum Gasteiger partial charge on any atom is 0.402 e. The van der Waals surface area contributed by atoms with Crippen LogP contribution < -0.4 is 0 Å². The van der Waals surface area contributed by atoms with E-state index in [9.17, 15) is 26.4 Å². The minimum absolute atomic E-state index is 0.00469. The van der Waals surface area contributed by atoms with Gasteiger partial charge in [-0.05, 0) is 49.6 Å². The van der Waals surface area contributed by atoms with Crippen LogP contribution in [0.1, 0.15) is 33.3 Å². The van der Waals surface area contributed by atoms with E-state index >= 15 is 0 Å². The fourth-order valence-corrected chi connectivity index (χ4v) is 4.57. The molecule has 5 nitrogen and oxygen atoms in total. The molecule has 1 aromatic rings. The minimum Gasteiger partial charge on any atom is -0.293 e. The SMILES string of the molecule is CCS(=O)(=O)c1ccc(CN2OC(C)C(C3=CC(C(F)(F)F)C(=O)[C]=C3C)=C2C)cc1. The van der Waals surface area contributed by atoms with Gasteiger partial charge in [-0.3, -0.25) is 14.7 Å². The Morgan fingerprint density at radius 1 is 1.16 bits per heavy atom. The lowest BCUT2D eigenvalue weighted by molar-refractivity contribution is -0.169. The minimum atomic E-state index is -4.69. The fourth-order valence-electron chi connectivity index (χ4n) is 3.69. The Bertz CT molecular complexity index is 1080. The number of ketones is 1. The van der Waals surface area contributed by atoms with Crippen molar-refractivity contribution in [3.05, 3.63) is 64.4 Å². The molecular weight excluding hydrogens is 431 g/mol. The lowest BCUT2D eigenvalue weighted by Gasteiger charge is -2.22. The monoisotopic (exact) mass is 454 g/mol. The first-order chi connectivity index (χ1) is 14.3. The Morgan fingerprint density at radius 2 is 1.77 bits per heavy atom. The van der Waals surface area contributed by atoms with Gasteiger partial charge in [0.15, 0.2) is 15.6 Å². The van der Waals surface area contributed by atoms with Gasteiger partial charge in [-0.25, -0.2) is 8.42 Å². The molecule has 31 heavy (non-hydrogen) atoms. The molecule has 3 rings (SSSR count). The van der Waals surface area contributed by atoms with Gasteiger partial charge in [-0.1, -0.05) is 25.1 Å². The van der Waals surface area contributed by atoms with Gasteiger partial charge >= 0.3 is 6.18 Å². The second kappa shape index (κ2) is 8.27. The smallest absolute Gasteiger partial charge is 0.293 e. The number of sulfone groups is 1. The summed E-state index contributed by atoms with van der Waals surface area (Å²) in [4.78, 5) is 17.9. The molecule has 1 radical (unpaired) electrons. The third kappa shape index (κ3) is 4.62. The molecule has 1 aromatic carbocycles. The van der Waals surface area contributed by atoms with Crippen molar-refractivity contribution in [1.82, 2.24) is 5.06 Å². The Kier molecular flexibility index (Phi) is 6.21. The maximum atomic E-state index is 13.3. The normalized spacial score (nSPS) is 22.7. The number of halogens is 3. The summed E-state index contributed by atoms with van der Waals surface area (Å²) in [6, 6.07) is 6.41. The molecule has 0 fully saturated rings. The first-order valence-electron chi connectivity index (χ1n) is 9.75.